The number of thiophene rings is 1. The van der Waals surface area contributed by atoms with Gasteiger partial charge in [0.1, 0.15) is 5.70 Å². The monoisotopic (exact) mass is 508 g/mol. The molecule has 2 aromatic heterocycles. The molecule has 9 heteroatoms. The molecule has 2 heterocycles. The smallest absolute Gasteiger partial charge is 0.268 e. The van der Waals surface area contributed by atoms with Crippen LogP contribution in [0.25, 0.3) is 17.5 Å². The largest absolute Gasteiger partial charge is 0.342 e. The van der Waals surface area contributed by atoms with Gasteiger partial charge in [-0.2, -0.15) is 4.98 Å². The highest BCUT2D eigenvalue weighted by atomic mass is 79.9. The standard InChI is InChI=1S/C23H17BrN4O3S/c24-17-9-4-8-16(12-17)21-27-20(31-28-21)14-25-23(30)19(13-18-10-5-11-32-18)26-22(29)15-6-2-1-3-7-15/h1-13H,14H2,(H,25,30)(H,26,29)/b19-13-. The molecule has 0 fully saturated rings. The predicted molar refractivity (Wildman–Crippen MR) is 125 cm³/mol. The number of aromatic nitrogens is 2. The molecular weight excluding hydrogens is 492 g/mol. The number of halogens is 1. The van der Waals surface area contributed by atoms with Crippen molar-refractivity contribution in [1.29, 1.82) is 0 Å². The molecule has 2 aromatic carbocycles. The molecule has 0 bridgehead atoms. The Morgan fingerprint density at radius 2 is 1.91 bits per heavy atom. The minimum atomic E-state index is -0.468. The van der Waals surface area contributed by atoms with Gasteiger partial charge in [-0.05, 0) is 41.8 Å². The average Bonchev–Trinajstić information content (AvgIpc) is 3.50. The maximum Gasteiger partial charge on any atom is 0.268 e. The van der Waals surface area contributed by atoms with Crippen LogP contribution in [0.4, 0.5) is 0 Å². The lowest BCUT2D eigenvalue weighted by Crippen LogP contribution is -2.34. The van der Waals surface area contributed by atoms with E-state index >= 15 is 0 Å². The Labute approximate surface area is 196 Å². The van der Waals surface area contributed by atoms with Gasteiger partial charge in [-0.3, -0.25) is 9.59 Å². The molecular formula is C23H17BrN4O3S. The molecule has 0 aliphatic carbocycles. The summed E-state index contributed by atoms with van der Waals surface area (Å²) in [6.07, 6.45) is 1.63. The van der Waals surface area contributed by atoms with Gasteiger partial charge in [-0.15, -0.1) is 11.3 Å². The van der Waals surface area contributed by atoms with Crippen LogP contribution in [0.3, 0.4) is 0 Å². The van der Waals surface area contributed by atoms with Crippen molar-refractivity contribution in [3.8, 4) is 11.4 Å². The Balaban J connectivity index is 1.46. The second-order valence-corrected chi connectivity index (χ2v) is 8.49. The molecule has 7 nitrogen and oxygen atoms in total. The molecule has 0 saturated carbocycles. The third-order valence-electron chi connectivity index (χ3n) is 4.31. The Hall–Kier alpha value is -3.56. The number of amides is 2. The van der Waals surface area contributed by atoms with Gasteiger partial charge in [0.25, 0.3) is 11.8 Å². The minimum Gasteiger partial charge on any atom is -0.342 e. The van der Waals surface area contributed by atoms with Gasteiger partial charge in [0.2, 0.25) is 11.7 Å². The lowest BCUT2D eigenvalue weighted by Gasteiger charge is -2.10. The Bertz CT molecular complexity index is 1250. The van der Waals surface area contributed by atoms with Crippen molar-refractivity contribution in [2.45, 2.75) is 6.54 Å². The highest BCUT2D eigenvalue weighted by Crippen LogP contribution is 2.20. The molecule has 0 spiro atoms. The summed E-state index contributed by atoms with van der Waals surface area (Å²) >= 11 is 4.87. The first-order valence-corrected chi connectivity index (χ1v) is 11.2. The Kier molecular flexibility index (Phi) is 6.88. The van der Waals surface area contributed by atoms with Crippen LogP contribution >= 0.6 is 27.3 Å². The van der Waals surface area contributed by atoms with Crippen molar-refractivity contribution in [2.24, 2.45) is 0 Å². The quantitative estimate of drug-likeness (QED) is 0.354. The maximum absolute atomic E-state index is 12.8. The first kappa shape index (κ1) is 21.7. The number of nitrogens with zero attached hydrogens (tertiary/aromatic N) is 2. The molecule has 0 atom stereocenters. The number of rotatable bonds is 7. The number of carbonyl (C=O) groups excluding carboxylic acids is 2. The Morgan fingerprint density at radius 3 is 2.66 bits per heavy atom. The first-order chi connectivity index (χ1) is 15.6. The zero-order valence-corrected chi connectivity index (χ0v) is 19.0. The number of nitrogens with one attached hydrogen (secondary N) is 2. The molecule has 32 heavy (non-hydrogen) atoms. The summed E-state index contributed by atoms with van der Waals surface area (Å²) < 4.78 is 6.15. The molecule has 0 unspecified atom stereocenters. The van der Waals surface area contributed by atoms with Crippen LogP contribution in [0, 0.1) is 0 Å². The number of hydrogen-bond acceptors (Lipinski definition) is 6. The van der Waals surface area contributed by atoms with Gasteiger partial charge in [-0.1, -0.05) is 57.5 Å². The maximum atomic E-state index is 12.8. The summed E-state index contributed by atoms with van der Waals surface area (Å²) in [5.41, 5.74) is 1.36. The summed E-state index contributed by atoms with van der Waals surface area (Å²) in [6, 6.07) is 19.9. The van der Waals surface area contributed by atoms with Gasteiger partial charge in [0.15, 0.2) is 0 Å². The van der Waals surface area contributed by atoms with Crippen molar-refractivity contribution < 1.29 is 14.1 Å². The van der Waals surface area contributed by atoms with Crippen LogP contribution < -0.4 is 10.6 Å². The Morgan fingerprint density at radius 1 is 1.06 bits per heavy atom. The van der Waals surface area contributed by atoms with Crippen molar-refractivity contribution in [1.82, 2.24) is 20.8 Å². The first-order valence-electron chi connectivity index (χ1n) is 9.57. The van der Waals surface area contributed by atoms with Crippen molar-refractivity contribution in [3.63, 3.8) is 0 Å². The van der Waals surface area contributed by atoms with E-state index in [-0.39, 0.29) is 24.0 Å². The van der Waals surface area contributed by atoms with Crippen LogP contribution in [0.1, 0.15) is 21.1 Å². The van der Waals surface area contributed by atoms with Crippen molar-refractivity contribution >= 4 is 45.2 Å². The van der Waals surface area contributed by atoms with E-state index in [2.05, 4.69) is 36.7 Å². The third-order valence-corrected chi connectivity index (χ3v) is 5.62. The molecule has 2 amide bonds. The average molecular weight is 509 g/mol. The highest BCUT2D eigenvalue weighted by Gasteiger charge is 2.16. The summed E-state index contributed by atoms with van der Waals surface area (Å²) in [6.45, 7) is 0.0167. The molecule has 0 aliphatic rings. The van der Waals surface area contributed by atoms with Gasteiger partial charge in [0, 0.05) is 20.5 Å². The minimum absolute atomic E-state index is 0.0167. The van der Waals surface area contributed by atoms with E-state index in [0.29, 0.717) is 11.4 Å². The molecule has 4 rings (SSSR count). The van der Waals surface area contributed by atoms with E-state index < -0.39 is 5.91 Å². The van der Waals surface area contributed by atoms with Crippen LogP contribution in [-0.2, 0) is 11.3 Å². The highest BCUT2D eigenvalue weighted by molar-refractivity contribution is 9.10. The van der Waals surface area contributed by atoms with E-state index in [1.807, 2.05) is 47.8 Å². The fourth-order valence-electron chi connectivity index (χ4n) is 2.78. The molecule has 0 saturated heterocycles. The zero-order chi connectivity index (χ0) is 22.3. The summed E-state index contributed by atoms with van der Waals surface area (Å²) in [5.74, 6) is -0.177. The lowest BCUT2D eigenvalue weighted by molar-refractivity contribution is -0.118. The normalized spacial score (nSPS) is 11.2. The fourth-order valence-corrected chi connectivity index (χ4v) is 3.84. The van der Waals surface area contributed by atoms with Crippen molar-refractivity contribution in [2.75, 3.05) is 0 Å². The van der Waals surface area contributed by atoms with E-state index in [1.54, 1.807) is 30.3 Å². The SMILES string of the molecule is O=C(NCc1nc(-c2cccc(Br)c2)no1)/C(=C/c1cccs1)NC(=O)c1ccccc1. The second-order valence-electron chi connectivity index (χ2n) is 6.60. The third kappa shape index (κ3) is 5.57. The van der Waals surface area contributed by atoms with Crippen molar-refractivity contribution in [3.05, 3.63) is 98.6 Å². The van der Waals surface area contributed by atoms with Crippen LogP contribution in [0.15, 0.2) is 86.8 Å². The fraction of sp³-hybridized carbons (Fsp3) is 0.0435. The molecule has 0 radical (unpaired) electrons. The van der Waals surface area contributed by atoms with Crippen LogP contribution in [0.2, 0.25) is 0 Å². The van der Waals surface area contributed by atoms with Crippen LogP contribution in [-0.4, -0.2) is 22.0 Å². The molecule has 4 aromatic rings. The topological polar surface area (TPSA) is 97.1 Å². The summed E-state index contributed by atoms with van der Waals surface area (Å²) in [7, 11) is 0. The van der Waals surface area contributed by atoms with Gasteiger partial charge in [0.05, 0.1) is 6.54 Å². The van der Waals surface area contributed by atoms with Gasteiger partial charge < -0.3 is 15.2 Å². The molecule has 0 aliphatic heterocycles. The lowest BCUT2D eigenvalue weighted by atomic mass is 10.2. The number of benzene rings is 2. The van der Waals surface area contributed by atoms with E-state index in [0.717, 1.165) is 14.9 Å². The number of hydrogen-bond donors (Lipinski definition) is 2. The van der Waals surface area contributed by atoms with E-state index in [1.165, 1.54) is 11.3 Å². The van der Waals surface area contributed by atoms with E-state index in [9.17, 15) is 9.59 Å². The summed E-state index contributed by atoms with van der Waals surface area (Å²) in [5, 5.41) is 11.3. The van der Waals surface area contributed by atoms with Crippen LogP contribution in [0.5, 0.6) is 0 Å². The number of carbonyl (C=O) groups is 2. The predicted octanol–water partition coefficient (Wildman–Crippen LogP) is 4.65. The summed E-state index contributed by atoms with van der Waals surface area (Å²) in [4.78, 5) is 30.6. The second kappa shape index (κ2) is 10.2. The molecule has 2 N–H and O–H groups in total. The zero-order valence-electron chi connectivity index (χ0n) is 16.6. The van der Waals surface area contributed by atoms with E-state index in [4.69, 9.17) is 4.52 Å². The molecule has 160 valence electrons. The van der Waals surface area contributed by atoms with Gasteiger partial charge >= 0.3 is 0 Å². The van der Waals surface area contributed by atoms with Gasteiger partial charge in [-0.25, -0.2) is 0 Å².